The predicted molar refractivity (Wildman–Crippen MR) is 89.7 cm³/mol. The fraction of sp³-hybridized carbons (Fsp3) is 0.0714. The fourth-order valence-electron chi connectivity index (χ4n) is 1.78. The lowest BCUT2D eigenvalue weighted by Crippen LogP contribution is -2.15. The van der Waals surface area contributed by atoms with Gasteiger partial charge in [-0.05, 0) is 71.5 Å². The Kier molecular flexibility index (Phi) is 4.64. The molecule has 110 valence electrons. The summed E-state index contributed by atoms with van der Waals surface area (Å²) in [6.07, 6.45) is 0. The van der Waals surface area contributed by atoms with Crippen LogP contribution in [0.2, 0.25) is 0 Å². The third-order valence-corrected chi connectivity index (χ3v) is 4.44. The van der Waals surface area contributed by atoms with Crippen LogP contribution in [0.25, 0.3) is 0 Å². The molecule has 21 heavy (non-hydrogen) atoms. The molecule has 0 aromatic heterocycles. The Bertz CT molecular complexity index is 804. The molecule has 0 aliphatic heterocycles. The van der Waals surface area contributed by atoms with Gasteiger partial charge in [0.15, 0.2) is 0 Å². The van der Waals surface area contributed by atoms with Gasteiger partial charge in [0.25, 0.3) is 5.91 Å². The minimum absolute atomic E-state index is 0.0206. The SMILES string of the molecule is Cc1cc(S(N)(=O)=O)ccc1NC(=O)c1cccc(I)c1. The molecule has 5 nitrogen and oxygen atoms in total. The number of hydrogen-bond donors (Lipinski definition) is 2. The van der Waals surface area contributed by atoms with Gasteiger partial charge in [-0.1, -0.05) is 6.07 Å². The van der Waals surface area contributed by atoms with E-state index in [0.717, 1.165) is 3.57 Å². The van der Waals surface area contributed by atoms with Gasteiger partial charge in [0.1, 0.15) is 0 Å². The van der Waals surface area contributed by atoms with Crippen LogP contribution in [-0.4, -0.2) is 14.3 Å². The second-order valence-electron chi connectivity index (χ2n) is 4.49. The van der Waals surface area contributed by atoms with E-state index < -0.39 is 10.0 Å². The molecule has 2 aromatic rings. The molecule has 0 fully saturated rings. The van der Waals surface area contributed by atoms with Crippen LogP contribution < -0.4 is 10.5 Å². The molecule has 1 amide bonds. The number of rotatable bonds is 3. The van der Waals surface area contributed by atoms with Crippen molar-refractivity contribution in [3.8, 4) is 0 Å². The number of benzene rings is 2. The number of hydrogen-bond acceptors (Lipinski definition) is 3. The summed E-state index contributed by atoms with van der Waals surface area (Å²) in [4.78, 5) is 12.2. The van der Waals surface area contributed by atoms with Gasteiger partial charge in [-0.15, -0.1) is 0 Å². The van der Waals surface area contributed by atoms with E-state index in [0.29, 0.717) is 16.8 Å². The lowest BCUT2D eigenvalue weighted by molar-refractivity contribution is 0.102. The first-order chi connectivity index (χ1) is 9.77. The van der Waals surface area contributed by atoms with Gasteiger partial charge in [-0.2, -0.15) is 0 Å². The highest BCUT2D eigenvalue weighted by Gasteiger charge is 2.12. The summed E-state index contributed by atoms with van der Waals surface area (Å²) in [6.45, 7) is 1.71. The Balaban J connectivity index is 2.26. The maximum absolute atomic E-state index is 12.1. The van der Waals surface area contributed by atoms with Gasteiger partial charge in [0.05, 0.1) is 4.90 Å². The Hall–Kier alpha value is -1.45. The number of nitrogens with one attached hydrogen (secondary N) is 1. The summed E-state index contributed by atoms with van der Waals surface area (Å²) in [7, 11) is -3.74. The van der Waals surface area contributed by atoms with E-state index >= 15 is 0 Å². The number of halogens is 1. The standard InChI is InChI=1S/C14H13IN2O3S/c1-9-7-12(21(16,19)20)5-6-13(9)17-14(18)10-3-2-4-11(15)8-10/h2-8H,1H3,(H,17,18)(H2,16,19,20). The normalized spacial score (nSPS) is 11.2. The highest BCUT2D eigenvalue weighted by atomic mass is 127. The van der Waals surface area contributed by atoms with Crippen molar-refractivity contribution in [1.82, 2.24) is 0 Å². The molecule has 0 unspecified atom stereocenters. The summed E-state index contributed by atoms with van der Waals surface area (Å²) in [6, 6.07) is 11.5. The van der Waals surface area contributed by atoms with E-state index in [9.17, 15) is 13.2 Å². The zero-order valence-electron chi connectivity index (χ0n) is 11.1. The molecular weight excluding hydrogens is 403 g/mol. The van der Waals surface area contributed by atoms with Crippen molar-refractivity contribution in [2.75, 3.05) is 5.32 Å². The first-order valence-electron chi connectivity index (χ1n) is 5.98. The number of primary sulfonamides is 1. The maximum atomic E-state index is 12.1. The summed E-state index contributed by atoms with van der Waals surface area (Å²) in [5, 5.41) is 7.82. The Morgan fingerprint density at radius 3 is 2.48 bits per heavy atom. The zero-order chi connectivity index (χ0) is 15.6. The van der Waals surface area contributed by atoms with Crippen molar-refractivity contribution in [3.63, 3.8) is 0 Å². The molecular formula is C14H13IN2O3S. The Labute approximate surface area is 136 Å². The molecule has 0 bridgehead atoms. The number of nitrogens with two attached hydrogens (primary N) is 1. The van der Waals surface area contributed by atoms with E-state index in [1.807, 2.05) is 6.07 Å². The Morgan fingerprint density at radius 2 is 1.90 bits per heavy atom. The van der Waals surface area contributed by atoms with E-state index in [1.165, 1.54) is 18.2 Å². The zero-order valence-corrected chi connectivity index (χ0v) is 14.1. The van der Waals surface area contributed by atoms with Crippen LogP contribution in [0.4, 0.5) is 5.69 Å². The number of amides is 1. The van der Waals surface area contributed by atoms with Crippen LogP contribution in [0.1, 0.15) is 15.9 Å². The number of carbonyl (C=O) groups is 1. The lowest BCUT2D eigenvalue weighted by atomic mass is 10.1. The van der Waals surface area contributed by atoms with Gasteiger partial charge in [0, 0.05) is 14.8 Å². The smallest absolute Gasteiger partial charge is 0.255 e. The fourth-order valence-corrected chi connectivity index (χ4v) is 2.92. The molecule has 2 rings (SSSR count). The van der Waals surface area contributed by atoms with E-state index in [1.54, 1.807) is 25.1 Å². The molecule has 0 radical (unpaired) electrons. The van der Waals surface area contributed by atoms with Crippen LogP contribution in [0.5, 0.6) is 0 Å². The number of aryl methyl sites for hydroxylation is 1. The molecule has 0 atom stereocenters. The lowest BCUT2D eigenvalue weighted by Gasteiger charge is -2.10. The highest BCUT2D eigenvalue weighted by Crippen LogP contribution is 2.20. The van der Waals surface area contributed by atoms with Crippen LogP contribution >= 0.6 is 22.6 Å². The summed E-state index contributed by atoms with van der Waals surface area (Å²) >= 11 is 2.13. The summed E-state index contributed by atoms with van der Waals surface area (Å²) in [5.74, 6) is -0.250. The topological polar surface area (TPSA) is 89.3 Å². The number of anilines is 1. The second-order valence-corrected chi connectivity index (χ2v) is 7.29. The molecule has 0 spiro atoms. The molecule has 0 saturated carbocycles. The quantitative estimate of drug-likeness (QED) is 0.754. The van der Waals surface area contributed by atoms with Gasteiger partial charge in [-0.3, -0.25) is 4.79 Å². The molecule has 0 heterocycles. The average Bonchev–Trinajstić information content (AvgIpc) is 2.39. The molecule has 3 N–H and O–H groups in total. The first-order valence-corrected chi connectivity index (χ1v) is 8.60. The van der Waals surface area contributed by atoms with Crippen molar-refractivity contribution >= 4 is 44.2 Å². The summed E-state index contributed by atoms with van der Waals surface area (Å²) in [5.41, 5.74) is 1.71. The number of carbonyl (C=O) groups excluding carboxylic acids is 1. The molecule has 0 aliphatic carbocycles. The van der Waals surface area contributed by atoms with E-state index in [4.69, 9.17) is 5.14 Å². The van der Waals surface area contributed by atoms with Gasteiger partial charge >= 0.3 is 0 Å². The van der Waals surface area contributed by atoms with Crippen LogP contribution in [0.3, 0.4) is 0 Å². The van der Waals surface area contributed by atoms with E-state index in [2.05, 4.69) is 27.9 Å². The van der Waals surface area contributed by atoms with Gasteiger partial charge in [-0.25, -0.2) is 13.6 Å². The molecule has 0 saturated heterocycles. The van der Waals surface area contributed by atoms with Crippen LogP contribution in [0, 0.1) is 10.5 Å². The minimum atomic E-state index is -3.74. The third kappa shape index (κ3) is 4.02. The molecule has 7 heteroatoms. The predicted octanol–water partition coefficient (Wildman–Crippen LogP) is 2.50. The second kappa shape index (κ2) is 6.12. The minimum Gasteiger partial charge on any atom is -0.322 e. The summed E-state index contributed by atoms with van der Waals surface area (Å²) < 4.78 is 23.5. The largest absolute Gasteiger partial charge is 0.322 e. The first kappa shape index (κ1) is 15.9. The van der Waals surface area contributed by atoms with E-state index in [-0.39, 0.29) is 10.8 Å². The maximum Gasteiger partial charge on any atom is 0.255 e. The monoisotopic (exact) mass is 416 g/mol. The van der Waals surface area contributed by atoms with Gasteiger partial charge < -0.3 is 5.32 Å². The number of sulfonamides is 1. The van der Waals surface area contributed by atoms with Crippen molar-refractivity contribution in [3.05, 3.63) is 57.2 Å². The average molecular weight is 416 g/mol. The van der Waals surface area contributed by atoms with Crippen LogP contribution in [-0.2, 0) is 10.0 Å². The Morgan fingerprint density at radius 1 is 1.19 bits per heavy atom. The van der Waals surface area contributed by atoms with Crippen molar-refractivity contribution in [2.24, 2.45) is 5.14 Å². The van der Waals surface area contributed by atoms with Gasteiger partial charge in [0.2, 0.25) is 10.0 Å². The van der Waals surface area contributed by atoms with Crippen molar-refractivity contribution in [1.29, 1.82) is 0 Å². The van der Waals surface area contributed by atoms with Crippen molar-refractivity contribution < 1.29 is 13.2 Å². The molecule has 0 aliphatic rings. The molecule has 2 aromatic carbocycles. The van der Waals surface area contributed by atoms with Crippen LogP contribution in [0.15, 0.2) is 47.4 Å². The third-order valence-electron chi connectivity index (χ3n) is 2.86. The van der Waals surface area contributed by atoms with Crippen molar-refractivity contribution in [2.45, 2.75) is 11.8 Å². The highest BCUT2D eigenvalue weighted by molar-refractivity contribution is 14.1.